The zero-order valence-electron chi connectivity index (χ0n) is 8.75. The molecule has 90 valence electrons. The van der Waals surface area contributed by atoms with Crippen molar-refractivity contribution in [2.45, 2.75) is 32.7 Å². The Morgan fingerprint density at radius 1 is 1.62 bits per heavy atom. The minimum atomic E-state index is -2.95. The van der Waals surface area contributed by atoms with Crippen LogP contribution in [0.2, 0.25) is 5.15 Å². The molecular formula is C9H11ClF2N2O2. The van der Waals surface area contributed by atoms with Crippen molar-refractivity contribution in [2.24, 2.45) is 0 Å². The van der Waals surface area contributed by atoms with Crippen molar-refractivity contribution in [1.82, 2.24) is 9.78 Å². The van der Waals surface area contributed by atoms with E-state index in [1.54, 1.807) is 6.92 Å². The van der Waals surface area contributed by atoms with Gasteiger partial charge in [0.15, 0.2) is 0 Å². The van der Waals surface area contributed by atoms with Crippen molar-refractivity contribution >= 4 is 17.6 Å². The van der Waals surface area contributed by atoms with E-state index >= 15 is 0 Å². The topological polar surface area (TPSA) is 55.1 Å². The predicted octanol–water partition coefficient (Wildman–Crippen LogP) is 3.14. The first-order valence-corrected chi connectivity index (χ1v) is 5.07. The van der Waals surface area contributed by atoms with Crippen LogP contribution in [0.3, 0.4) is 0 Å². The monoisotopic (exact) mass is 252 g/mol. The van der Waals surface area contributed by atoms with Crippen LogP contribution < -0.4 is 0 Å². The van der Waals surface area contributed by atoms with E-state index in [1.165, 1.54) is 0 Å². The Morgan fingerprint density at radius 2 is 2.19 bits per heavy atom. The molecule has 1 rings (SSSR count). The molecule has 0 saturated heterocycles. The van der Waals surface area contributed by atoms with Gasteiger partial charge in [-0.1, -0.05) is 18.5 Å². The molecule has 1 aromatic heterocycles. The number of alkyl halides is 2. The number of halogens is 3. The zero-order chi connectivity index (χ0) is 12.5. The number of hydrogen-bond donors (Lipinski definition) is 1. The summed E-state index contributed by atoms with van der Waals surface area (Å²) in [5.74, 6) is -1.49. The maximum Gasteiger partial charge on any atom is 0.341 e. The first-order chi connectivity index (χ1) is 7.40. The Balaban J connectivity index is 3.35. The van der Waals surface area contributed by atoms with Gasteiger partial charge in [-0.3, -0.25) is 0 Å². The third kappa shape index (κ3) is 2.16. The molecule has 1 unspecified atom stereocenters. The van der Waals surface area contributed by atoms with E-state index in [2.05, 4.69) is 5.10 Å². The van der Waals surface area contributed by atoms with Crippen molar-refractivity contribution in [3.63, 3.8) is 0 Å². The minimum Gasteiger partial charge on any atom is -0.478 e. The van der Waals surface area contributed by atoms with Crippen LogP contribution in [0.25, 0.3) is 0 Å². The molecule has 4 nitrogen and oxygen atoms in total. The maximum atomic E-state index is 12.6. The number of aromatic nitrogens is 2. The quantitative estimate of drug-likeness (QED) is 0.896. The highest BCUT2D eigenvalue weighted by Gasteiger charge is 2.28. The van der Waals surface area contributed by atoms with Gasteiger partial charge in [0.1, 0.15) is 16.4 Å². The highest BCUT2D eigenvalue weighted by atomic mass is 35.5. The number of rotatable bonds is 4. The van der Waals surface area contributed by atoms with Crippen LogP contribution in [0.1, 0.15) is 48.8 Å². The van der Waals surface area contributed by atoms with Gasteiger partial charge in [-0.15, -0.1) is 0 Å². The van der Waals surface area contributed by atoms with Crippen LogP contribution in [0.5, 0.6) is 0 Å². The molecule has 0 aromatic carbocycles. The third-order valence-corrected chi connectivity index (χ3v) is 2.67. The highest BCUT2D eigenvalue weighted by Crippen LogP contribution is 2.30. The lowest BCUT2D eigenvalue weighted by Gasteiger charge is -2.09. The lowest BCUT2D eigenvalue weighted by molar-refractivity contribution is 0.0684. The van der Waals surface area contributed by atoms with Crippen molar-refractivity contribution in [1.29, 1.82) is 0 Å². The van der Waals surface area contributed by atoms with Gasteiger partial charge in [-0.25, -0.2) is 18.3 Å². The lowest BCUT2D eigenvalue weighted by Crippen LogP contribution is -2.06. The third-order valence-electron chi connectivity index (χ3n) is 2.31. The highest BCUT2D eigenvalue weighted by molar-refractivity contribution is 6.32. The Kier molecular flexibility index (Phi) is 3.85. The molecule has 0 spiro atoms. The second-order valence-corrected chi connectivity index (χ2v) is 3.72. The van der Waals surface area contributed by atoms with Crippen molar-refractivity contribution in [2.75, 3.05) is 0 Å². The smallest absolute Gasteiger partial charge is 0.341 e. The molecular weight excluding hydrogens is 242 g/mol. The van der Waals surface area contributed by atoms with Gasteiger partial charge < -0.3 is 5.11 Å². The lowest BCUT2D eigenvalue weighted by atomic mass is 10.2. The summed E-state index contributed by atoms with van der Waals surface area (Å²) in [6.45, 7) is 3.55. The van der Waals surface area contributed by atoms with E-state index in [-0.39, 0.29) is 11.2 Å². The van der Waals surface area contributed by atoms with Gasteiger partial charge >= 0.3 is 5.97 Å². The summed E-state index contributed by atoms with van der Waals surface area (Å²) in [4.78, 5) is 10.8. The van der Waals surface area contributed by atoms with Crippen LogP contribution in [-0.4, -0.2) is 20.9 Å². The molecule has 1 aromatic rings. The Bertz CT molecular complexity index is 406. The number of hydrogen-bond acceptors (Lipinski definition) is 2. The molecule has 0 bridgehead atoms. The first kappa shape index (κ1) is 12.9. The average molecular weight is 253 g/mol. The summed E-state index contributed by atoms with van der Waals surface area (Å²) >= 11 is 5.73. The van der Waals surface area contributed by atoms with Crippen LogP contribution in [-0.2, 0) is 0 Å². The van der Waals surface area contributed by atoms with Gasteiger partial charge in [0.2, 0.25) is 0 Å². The summed E-state index contributed by atoms with van der Waals surface area (Å²) in [6.07, 6.45) is -2.34. The molecule has 0 amide bonds. The molecule has 7 heteroatoms. The number of nitrogens with zero attached hydrogens (tertiary/aromatic N) is 2. The fourth-order valence-corrected chi connectivity index (χ4v) is 1.63. The number of carbonyl (C=O) groups is 1. The molecule has 0 aliphatic heterocycles. The second-order valence-electron chi connectivity index (χ2n) is 3.36. The van der Waals surface area contributed by atoms with Crippen molar-refractivity contribution in [3.05, 3.63) is 16.4 Å². The fraction of sp³-hybridized carbons (Fsp3) is 0.556. The molecule has 1 N–H and O–H groups in total. The fourth-order valence-electron chi connectivity index (χ4n) is 1.25. The maximum absolute atomic E-state index is 12.6. The molecule has 0 radical (unpaired) electrons. The number of carboxylic acids is 1. The van der Waals surface area contributed by atoms with E-state index in [4.69, 9.17) is 16.7 Å². The van der Waals surface area contributed by atoms with Crippen LogP contribution >= 0.6 is 11.6 Å². The Labute approximate surface area is 95.8 Å². The second kappa shape index (κ2) is 4.78. The van der Waals surface area contributed by atoms with Crippen LogP contribution in [0, 0.1) is 0 Å². The summed E-state index contributed by atoms with van der Waals surface area (Å²) in [5, 5.41) is 12.1. The normalized spacial score (nSPS) is 13.1. The van der Waals surface area contributed by atoms with E-state index in [0.717, 1.165) is 4.68 Å². The summed E-state index contributed by atoms with van der Waals surface area (Å²) in [7, 11) is 0. The minimum absolute atomic E-state index is 0.224. The van der Waals surface area contributed by atoms with Crippen molar-refractivity contribution in [3.8, 4) is 0 Å². The number of carboxylic acid groups (broad SMARTS) is 1. The Hall–Kier alpha value is -1.17. The molecule has 0 saturated carbocycles. The van der Waals surface area contributed by atoms with Gasteiger partial charge in [0, 0.05) is 0 Å². The van der Waals surface area contributed by atoms with E-state index in [1.807, 2.05) is 6.92 Å². The van der Waals surface area contributed by atoms with Gasteiger partial charge in [-0.05, 0) is 13.3 Å². The van der Waals surface area contributed by atoms with Crippen molar-refractivity contribution < 1.29 is 18.7 Å². The first-order valence-electron chi connectivity index (χ1n) is 4.69. The molecule has 1 heterocycles. The average Bonchev–Trinajstić information content (AvgIpc) is 2.55. The molecule has 16 heavy (non-hydrogen) atoms. The summed E-state index contributed by atoms with van der Waals surface area (Å²) in [6, 6.07) is -0.224. The predicted molar refractivity (Wildman–Crippen MR) is 54.2 cm³/mol. The molecule has 0 fully saturated rings. The summed E-state index contributed by atoms with van der Waals surface area (Å²) in [5.41, 5.74) is -1.39. The van der Waals surface area contributed by atoms with Crippen LogP contribution in [0.15, 0.2) is 0 Å². The Morgan fingerprint density at radius 3 is 2.50 bits per heavy atom. The van der Waals surface area contributed by atoms with E-state index in [0.29, 0.717) is 6.42 Å². The molecule has 0 aliphatic rings. The summed E-state index contributed by atoms with van der Waals surface area (Å²) < 4.78 is 26.2. The number of aromatic carboxylic acids is 1. The standard InChI is InChI=1S/C9H11ClF2N2O2/c1-3-4(2)14-7(10)5(9(15)16)6(13-14)8(11)12/h4,8H,3H2,1-2H3,(H,15,16). The van der Waals surface area contributed by atoms with E-state index in [9.17, 15) is 13.6 Å². The zero-order valence-corrected chi connectivity index (χ0v) is 9.50. The van der Waals surface area contributed by atoms with Gasteiger partial charge in [-0.2, -0.15) is 5.10 Å². The van der Waals surface area contributed by atoms with Gasteiger partial charge in [0.05, 0.1) is 6.04 Å². The largest absolute Gasteiger partial charge is 0.478 e. The van der Waals surface area contributed by atoms with Gasteiger partial charge in [0.25, 0.3) is 6.43 Å². The SMILES string of the molecule is CCC(C)n1nc(C(F)F)c(C(=O)O)c1Cl. The molecule has 1 atom stereocenters. The van der Waals surface area contributed by atoms with Crippen LogP contribution in [0.4, 0.5) is 8.78 Å². The molecule has 0 aliphatic carbocycles. The van der Waals surface area contributed by atoms with E-state index < -0.39 is 23.7 Å².